The number of aromatic nitrogens is 5. The topological polar surface area (TPSA) is 65.1 Å². The lowest BCUT2D eigenvalue weighted by molar-refractivity contribution is 0.347. The summed E-state index contributed by atoms with van der Waals surface area (Å²) < 4.78 is 3.68. The van der Waals surface area contributed by atoms with Crippen LogP contribution in [-0.4, -0.2) is 24.1 Å². The summed E-state index contributed by atoms with van der Waals surface area (Å²) in [4.78, 5) is 22.1. The van der Waals surface area contributed by atoms with Gasteiger partial charge in [0.25, 0.3) is 11.3 Å². The van der Waals surface area contributed by atoms with Gasteiger partial charge in [-0.05, 0) is 31.7 Å². The normalized spacial score (nSPS) is 20.2. The molecule has 2 saturated carbocycles. The van der Waals surface area contributed by atoms with Gasteiger partial charge in [0.05, 0.1) is 10.9 Å². The largest absolute Gasteiger partial charge is 0.312 e. The molecular formula is C20H25N5O. The number of rotatable bonds is 2. The third-order valence-corrected chi connectivity index (χ3v) is 6.22. The maximum absolute atomic E-state index is 13.0. The Labute approximate surface area is 152 Å². The van der Waals surface area contributed by atoms with E-state index in [0.717, 1.165) is 37.0 Å². The SMILES string of the molecule is O=c1c2cnc3nc(C4CCCCC4)nn3c2ccn1C1CCCCC1. The molecule has 0 aromatic carbocycles. The fraction of sp³-hybridized carbons (Fsp3) is 0.600. The number of pyridine rings is 1. The molecule has 6 nitrogen and oxygen atoms in total. The van der Waals surface area contributed by atoms with Crippen LogP contribution in [0.2, 0.25) is 0 Å². The predicted octanol–water partition coefficient (Wildman–Crippen LogP) is 3.99. The highest BCUT2D eigenvalue weighted by Crippen LogP contribution is 2.31. The van der Waals surface area contributed by atoms with Crippen molar-refractivity contribution in [2.45, 2.75) is 76.2 Å². The van der Waals surface area contributed by atoms with Crippen molar-refractivity contribution in [3.05, 3.63) is 34.6 Å². The summed E-state index contributed by atoms with van der Waals surface area (Å²) in [5.74, 6) is 1.93. The lowest BCUT2D eigenvalue weighted by atomic mass is 9.89. The molecule has 2 fully saturated rings. The lowest BCUT2D eigenvalue weighted by Gasteiger charge is -2.24. The van der Waals surface area contributed by atoms with Gasteiger partial charge >= 0.3 is 0 Å². The molecule has 0 bridgehead atoms. The molecule has 3 heterocycles. The van der Waals surface area contributed by atoms with E-state index in [1.807, 2.05) is 16.8 Å². The van der Waals surface area contributed by atoms with Crippen LogP contribution in [0.5, 0.6) is 0 Å². The summed E-state index contributed by atoms with van der Waals surface area (Å²) in [6.07, 6.45) is 15.6. The molecule has 3 aromatic rings. The van der Waals surface area contributed by atoms with Crippen molar-refractivity contribution in [3.63, 3.8) is 0 Å². The van der Waals surface area contributed by atoms with Crippen LogP contribution in [-0.2, 0) is 0 Å². The zero-order valence-electron chi connectivity index (χ0n) is 15.1. The third-order valence-electron chi connectivity index (χ3n) is 6.22. The minimum absolute atomic E-state index is 0.0542. The second-order valence-electron chi connectivity index (χ2n) is 7.89. The molecule has 3 aromatic heterocycles. The van der Waals surface area contributed by atoms with Crippen LogP contribution in [0.15, 0.2) is 23.3 Å². The highest BCUT2D eigenvalue weighted by molar-refractivity contribution is 5.78. The molecule has 0 atom stereocenters. The van der Waals surface area contributed by atoms with Crippen molar-refractivity contribution < 1.29 is 0 Å². The maximum Gasteiger partial charge on any atom is 0.261 e. The second kappa shape index (κ2) is 6.49. The molecule has 0 saturated heterocycles. The Morgan fingerprint density at radius 3 is 2.46 bits per heavy atom. The van der Waals surface area contributed by atoms with Crippen LogP contribution in [0.1, 0.15) is 82.0 Å². The summed E-state index contributed by atoms with van der Waals surface area (Å²) >= 11 is 0. The van der Waals surface area contributed by atoms with Crippen LogP contribution < -0.4 is 5.56 Å². The Morgan fingerprint density at radius 2 is 1.69 bits per heavy atom. The molecular weight excluding hydrogens is 326 g/mol. The van der Waals surface area contributed by atoms with E-state index in [4.69, 9.17) is 5.10 Å². The first kappa shape index (κ1) is 16.0. The van der Waals surface area contributed by atoms with Crippen molar-refractivity contribution in [1.29, 1.82) is 0 Å². The molecule has 26 heavy (non-hydrogen) atoms. The van der Waals surface area contributed by atoms with Crippen LogP contribution in [0.4, 0.5) is 0 Å². The summed E-state index contributed by atoms with van der Waals surface area (Å²) in [5, 5.41) is 5.39. The Bertz CT molecular complexity index is 993. The smallest absolute Gasteiger partial charge is 0.261 e. The number of hydrogen-bond donors (Lipinski definition) is 0. The van der Waals surface area contributed by atoms with Gasteiger partial charge in [0, 0.05) is 24.4 Å². The van der Waals surface area contributed by atoms with E-state index in [1.54, 1.807) is 10.7 Å². The van der Waals surface area contributed by atoms with Crippen molar-refractivity contribution in [3.8, 4) is 0 Å². The Balaban J connectivity index is 1.60. The van der Waals surface area contributed by atoms with E-state index in [9.17, 15) is 4.79 Å². The molecule has 2 aliphatic rings. The number of hydrogen-bond acceptors (Lipinski definition) is 4. The van der Waals surface area contributed by atoms with E-state index >= 15 is 0 Å². The Morgan fingerprint density at radius 1 is 0.962 bits per heavy atom. The van der Waals surface area contributed by atoms with Gasteiger partial charge < -0.3 is 4.57 Å². The predicted molar refractivity (Wildman–Crippen MR) is 100 cm³/mol. The van der Waals surface area contributed by atoms with Crippen LogP contribution >= 0.6 is 0 Å². The van der Waals surface area contributed by atoms with E-state index in [0.29, 0.717) is 23.1 Å². The minimum atomic E-state index is 0.0542. The highest BCUT2D eigenvalue weighted by Gasteiger charge is 2.22. The van der Waals surface area contributed by atoms with Gasteiger partial charge in [-0.3, -0.25) is 4.79 Å². The van der Waals surface area contributed by atoms with Gasteiger partial charge in [0.1, 0.15) is 0 Å². The van der Waals surface area contributed by atoms with Crippen molar-refractivity contribution in [2.24, 2.45) is 0 Å². The number of nitrogens with zero attached hydrogens (tertiary/aromatic N) is 5. The van der Waals surface area contributed by atoms with Crippen LogP contribution in [0, 0.1) is 0 Å². The van der Waals surface area contributed by atoms with E-state index < -0.39 is 0 Å². The van der Waals surface area contributed by atoms with Gasteiger partial charge in [-0.25, -0.2) is 4.98 Å². The summed E-state index contributed by atoms with van der Waals surface area (Å²) in [6.45, 7) is 0. The van der Waals surface area contributed by atoms with Crippen LogP contribution in [0.3, 0.4) is 0 Å². The molecule has 0 spiro atoms. The molecule has 0 N–H and O–H groups in total. The molecule has 5 rings (SSSR count). The fourth-order valence-electron chi connectivity index (χ4n) is 4.73. The number of fused-ring (bicyclic) bond motifs is 3. The lowest BCUT2D eigenvalue weighted by Crippen LogP contribution is -2.26. The van der Waals surface area contributed by atoms with E-state index in [2.05, 4.69) is 9.97 Å². The first-order valence-electron chi connectivity index (χ1n) is 10.1. The summed E-state index contributed by atoms with van der Waals surface area (Å²) in [5.41, 5.74) is 0.875. The van der Waals surface area contributed by atoms with Gasteiger partial charge in [0.15, 0.2) is 5.82 Å². The zero-order chi connectivity index (χ0) is 17.5. The third kappa shape index (κ3) is 2.63. The fourth-order valence-corrected chi connectivity index (χ4v) is 4.73. The van der Waals surface area contributed by atoms with Gasteiger partial charge in [-0.1, -0.05) is 38.5 Å². The Kier molecular flexibility index (Phi) is 3.98. The van der Waals surface area contributed by atoms with Crippen molar-refractivity contribution in [2.75, 3.05) is 0 Å². The average Bonchev–Trinajstić information content (AvgIpc) is 3.14. The van der Waals surface area contributed by atoms with Crippen LogP contribution in [0.25, 0.3) is 16.7 Å². The van der Waals surface area contributed by atoms with Gasteiger partial charge in [0.2, 0.25) is 0 Å². The molecule has 0 amide bonds. The molecule has 2 aliphatic carbocycles. The summed E-state index contributed by atoms with van der Waals surface area (Å²) in [7, 11) is 0. The molecule has 0 radical (unpaired) electrons. The minimum Gasteiger partial charge on any atom is -0.312 e. The Hall–Kier alpha value is -2.24. The van der Waals surface area contributed by atoms with Gasteiger partial charge in [-0.2, -0.15) is 9.50 Å². The molecule has 0 unspecified atom stereocenters. The highest BCUT2D eigenvalue weighted by atomic mass is 16.1. The van der Waals surface area contributed by atoms with Crippen molar-refractivity contribution in [1.82, 2.24) is 24.1 Å². The monoisotopic (exact) mass is 351 g/mol. The van der Waals surface area contributed by atoms with E-state index in [-0.39, 0.29) is 5.56 Å². The quantitative estimate of drug-likeness (QED) is 0.700. The van der Waals surface area contributed by atoms with Gasteiger partial charge in [-0.15, -0.1) is 5.10 Å². The molecule has 136 valence electrons. The first-order chi connectivity index (χ1) is 12.8. The van der Waals surface area contributed by atoms with Crippen molar-refractivity contribution >= 4 is 16.7 Å². The molecule has 6 heteroatoms. The average molecular weight is 351 g/mol. The summed E-state index contributed by atoms with van der Waals surface area (Å²) in [6, 6.07) is 2.34. The second-order valence-corrected chi connectivity index (χ2v) is 7.89. The first-order valence-corrected chi connectivity index (χ1v) is 10.1. The maximum atomic E-state index is 13.0. The molecule has 0 aliphatic heterocycles. The zero-order valence-corrected chi connectivity index (χ0v) is 15.1. The standard InChI is InChI=1S/C20H25N5O/c26-19-16-13-21-20-22-18(14-7-3-1-4-8-14)23-25(20)17(16)11-12-24(19)15-9-5-2-6-10-15/h11-15H,1-10H2. The van der Waals surface area contributed by atoms with E-state index in [1.165, 1.54) is 38.5 Å².